The molecule has 0 spiro atoms. The van der Waals surface area contributed by atoms with E-state index >= 15 is 0 Å². The molecular weight excluding hydrogens is 205 g/mol. The van der Waals surface area contributed by atoms with Gasteiger partial charge in [0.1, 0.15) is 0 Å². The van der Waals surface area contributed by atoms with Crippen molar-refractivity contribution in [1.29, 1.82) is 0 Å². The van der Waals surface area contributed by atoms with Crippen molar-refractivity contribution in [3.05, 3.63) is 24.5 Å². The Balaban J connectivity index is 1.76. The van der Waals surface area contributed by atoms with Crippen molar-refractivity contribution in [3.63, 3.8) is 0 Å². The number of nitrogens with one attached hydrogen (secondary N) is 1. The summed E-state index contributed by atoms with van der Waals surface area (Å²) in [5.74, 6) is 0. The summed E-state index contributed by atoms with van der Waals surface area (Å²) in [6.45, 7) is 2.74. The molecule has 1 N–H and O–H groups in total. The molecule has 1 aliphatic heterocycles. The maximum Gasteiger partial charge on any atom is 0.0906 e. The minimum atomic E-state index is -0.211. The average molecular weight is 223 g/mol. The SMILES string of the molecule is FCCCN1CC[C@H](Nc2cccnc2)C1. The molecule has 0 unspecified atom stereocenters. The first-order chi connectivity index (χ1) is 7.88. The summed E-state index contributed by atoms with van der Waals surface area (Å²) < 4.78 is 12.0. The largest absolute Gasteiger partial charge is 0.380 e. The number of alkyl halides is 1. The van der Waals surface area contributed by atoms with Crippen LogP contribution in [0.1, 0.15) is 12.8 Å². The second-order valence-corrected chi connectivity index (χ2v) is 4.21. The van der Waals surface area contributed by atoms with Crippen LogP contribution < -0.4 is 5.32 Å². The van der Waals surface area contributed by atoms with Gasteiger partial charge < -0.3 is 10.2 Å². The Morgan fingerprint density at radius 2 is 2.50 bits per heavy atom. The predicted octanol–water partition coefficient (Wildman–Crippen LogP) is 1.93. The van der Waals surface area contributed by atoms with Crippen LogP contribution in [-0.4, -0.2) is 42.2 Å². The molecule has 4 heteroatoms. The minimum absolute atomic E-state index is 0.211. The fourth-order valence-corrected chi connectivity index (χ4v) is 2.12. The van der Waals surface area contributed by atoms with Crippen LogP contribution in [-0.2, 0) is 0 Å². The first kappa shape index (κ1) is 11.3. The van der Waals surface area contributed by atoms with Crippen molar-refractivity contribution < 1.29 is 4.39 Å². The summed E-state index contributed by atoms with van der Waals surface area (Å²) in [6.07, 6.45) is 5.39. The van der Waals surface area contributed by atoms with Crippen LogP contribution in [0.15, 0.2) is 24.5 Å². The van der Waals surface area contributed by atoms with E-state index in [-0.39, 0.29) is 6.67 Å². The Bertz CT molecular complexity index is 304. The van der Waals surface area contributed by atoms with Crippen molar-refractivity contribution in [2.24, 2.45) is 0 Å². The van der Waals surface area contributed by atoms with Crippen LogP contribution in [0.25, 0.3) is 0 Å². The van der Waals surface area contributed by atoms with Gasteiger partial charge in [-0.05, 0) is 25.0 Å². The monoisotopic (exact) mass is 223 g/mol. The zero-order chi connectivity index (χ0) is 11.2. The molecule has 0 bridgehead atoms. The highest BCUT2D eigenvalue weighted by Crippen LogP contribution is 2.14. The van der Waals surface area contributed by atoms with E-state index in [0.29, 0.717) is 12.5 Å². The van der Waals surface area contributed by atoms with Gasteiger partial charge in [-0.1, -0.05) is 0 Å². The van der Waals surface area contributed by atoms with E-state index < -0.39 is 0 Å². The van der Waals surface area contributed by atoms with E-state index in [9.17, 15) is 4.39 Å². The van der Waals surface area contributed by atoms with E-state index in [0.717, 1.165) is 31.7 Å². The number of hydrogen-bond donors (Lipinski definition) is 1. The fraction of sp³-hybridized carbons (Fsp3) is 0.583. The highest BCUT2D eigenvalue weighted by molar-refractivity contribution is 5.41. The van der Waals surface area contributed by atoms with Crippen LogP contribution in [0.2, 0.25) is 0 Å². The molecular formula is C12H18FN3. The number of hydrogen-bond acceptors (Lipinski definition) is 3. The highest BCUT2D eigenvalue weighted by Gasteiger charge is 2.21. The Morgan fingerprint density at radius 1 is 1.56 bits per heavy atom. The summed E-state index contributed by atoms with van der Waals surface area (Å²) >= 11 is 0. The van der Waals surface area contributed by atoms with E-state index in [1.165, 1.54) is 0 Å². The second kappa shape index (κ2) is 5.80. The number of rotatable bonds is 5. The van der Waals surface area contributed by atoms with Gasteiger partial charge in [-0.25, -0.2) is 0 Å². The van der Waals surface area contributed by atoms with Crippen molar-refractivity contribution in [2.45, 2.75) is 18.9 Å². The molecule has 1 aromatic rings. The Hall–Kier alpha value is -1.16. The molecule has 2 rings (SSSR count). The summed E-state index contributed by atoms with van der Waals surface area (Å²) in [7, 11) is 0. The predicted molar refractivity (Wildman–Crippen MR) is 63.3 cm³/mol. The van der Waals surface area contributed by atoms with Gasteiger partial charge in [0.05, 0.1) is 12.4 Å². The molecule has 1 aromatic heterocycles. The van der Waals surface area contributed by atoms with Gasteiger partial charge in [-0.3, -0.25) is 9.37 Å². The molecule has 1 fully saturated rings. The standard InChI is InChI=1S/C12H18FN3/c13-5-2-7-16-8-4-12(10-16)15-11-3-1-6-14-9-11/h1,3,6,9,12,15H,2,4-5,7-8,10H2/t12-/m0/s1. The van der Waals surface area contributed by atoms with Gasteiger partial charge in [0, 0.05) is 38.1 Å². The van der Waals surface area contributed by atoms with E-state index in [1.54, 1.807) is 6.20 Å². The normalized spacial score (nSPS) is 21.2. The third kappa shape index (κ3) is 3.17. The fourth-order valence-electron chi connectivity index (χ4n) is 2.12. The van der Waals surface area contributed by atoms with Gasteiger partial charge in [0.25, 0.3) is 0 Å². The molecule has 2 heterocycles. The lowest BCUT2D eigenvalue weighted by molar-refractivity contribution is 0.310. The third-order valence-electron chi connectivity index (χ3n) is 2.91. The van der Waals surface area contributed by atoms with Crippen molar-refractivity contribution in [3.8, 4) is 0 Å². The van der Waals surface area contributed by atoms with Crippen LogP contribution in [0.5, 0.6) is 0 Å². The number of nitrogens with zero attached hydrogens (tertiary/aromatic N) is 2. The summed E-state index contributed by atoms with van der Waals surface area (Å²) in [5, 5.41) is 3.45. The quantitative estimate of drug-likeness (QED) is 0.826. The Labute approximate surface area is 95.7 Å². The number of aromatic nitrogens is 1. The Morgan fingerprint density at radius 3 is 3.25 bits per heavy atom. The molecule has 0 amide bonds. The third-order valence-corrected chi connectivity index (χ3v) is 2.91. The average Bonchev–Trinajstić information content (AvgIpc) is 2.75. The number of halogens is 1. The molecule has 0 saturated carbocycles. The lowest BCUT2D eigenvalue weighted by Crippen LogP contribution is -2.27. The molecule has 1 atom stereocenters. The molecule has 0 radical (unpaired) electrons. The van der Waals surface area contributed by atoms with Crippen molar-refractivity contribution in [2.75, 3.05) is 31.6 Å². The lowest BCUT2D eigenvalue weighted by Gasteiger charge is -2.16. The van der Waals surface area contributed by atoms with Gasteiger partial charge >= 0.3 is 0 Å². The first-order valence-corrected chi connectivity index (χ1v) is 5.83. The summed E-state index contributed by atoms with van der Waals surface area (Å²) in [5.41, 5.74) is 1.07. The van der Waals surface area contributed by atoms with Crippen LogP contribution in [0.3, 0.4) is 0 Å². The number of pyridine rings is 1. The van der Waals surface area contributed by atoms with Gasteiger partial charge in [0.2, 0.25) is 0 Å². The van der Waals surface area contributed by atoms with Gasteiger partial charge in [-0.15, -0.1) is 0 Å². The van der Waals surface area contributed by atoms with E-state index in [1.807, 2.05) is 18.3 Å². The zero-order valence-electron chi connectivity index (χ0n) is 9.40. The molecule has 1 saturated heterocycles. The molecule has 0 aromatic carbocycles. The second-order valence-electron chi connectivity index (χ2n) is 4.21. The van der Waals surface area contributed by atoms with E-state index in [2.05, 4.69) is 15.2 Å². The smallest absolute Gasteiger partial charge is 0.0906 e. The molecule has 88 valence electrons. The van der Waals surface area contributed by atoms with Gasteiger partial charge in [0.15, 0.2) is 0 Å². The maximum atomic E-state index is 12.0. The van der Waals surface area contributed by atoms with Gasteiger partial charge in [-0.2, -0.15) is 0 Å². The van der Waals surface area contributed by atoms with E-state index in [4.69, 9.17) is 0 Å². The van der Waals surface area contributed by atoms with Crippen LogP contribution >= 0.6 is 0 Å². The Kier molecular flexibility index (Phi) is 4.10. The lowest BCUT2D eigenvalue weighted by atomic mass is 10.2. The molecule has 16 heavy (non-hydrogen) atoms. The van der Waals surface area contributed by atoms with Crippen molar-refractivity contribution in [1.82, 2.24) is 9.88 Å². The van der Waals surface area contributed by atoms with Crippen LogP contribution in [0, 0.1) is 0 Å². The number of anilines is 1. The topological polar surface area (TPSA) is 28.2 Å². The number of likely N-dealkylation sites (tertiary alicyclic amines) is 1. The molecule has 0 aliphatic carbocycles. The minimum Gasteiger partial charge on any atom is -0.380 e. The zero-order valence-corrected chi connectivity index (χ0v) is 9.40. The molecule has 3 nitrogen and oxygen atoms in total. The first-order valence-electron chi connectivity index (χ1n) is 5.83. The summed E-state index contributed by atoms with van der Waals surface area (Å²) in [4.78, 5) is 6.38. The highest BCUT2D eigenvalue weighted by atomic mass is 19.1. The summed E-state index contributed by atoms with van der Waals surface area (Å²) in [6, 6.07) is 4.43. The van der Waals surface area contributed by atoms with Crippen LogP contribution in [0.4, 0.5) is 10.1 Å². The molecule has 1 aliphatic rings. The maximum absolute atomic E-state index is 12.0. The van der Waals surface area contributed by atoms with Crippen molar-refractivity contribution >= 4 is 5.69 Å².